The summed E-state index contributed by atoms with van der Waals surface area (Å²) in [6.07, 6.45) is 4.53. The van der Waals surface area contributed by atoms with Gasteiger partial charge in [0.2, 0.25) is 5.91 Å². The predicted molar refractivity (Wildman–Crippen MR) is 77.8 cm³/mol. The molecule has 0 saturated heterocycles. The van der Waals surface area contributed by atoms with Crippen molar-refractivity contribution in [2.45, 2.75) is 30.4 Å². The summed E-state index contributed by atoms with van der Waals surface area (Å²) in [4.78, 5) is 12.1. The second-order valence-corrected chi connectivity index (χ2v) is 6.27. The highest BCUT2D eigenvalue weighted by molar-refractivity contribution is 8.00. The van der Waals surface area contributed by atoms with Gasteiger partial charge in [-0.15, -0.1) is 0 Å². The molecule has 1 amide bonds. The first kappa shape index (κ1) is 13.3. The normalized spacial score (nSPS) is 18.1. The molecule has 1 aliphatic carbocycles. The molecule has 98 valence electrons. The SMILES string of the molecule is CSC1(CNC(=O)C(C)c2cccc(N)c2)CC1. The molecule has 1 saturated carbocycles. The van der Waals surface area contributed by atoms with Crippen LogP contribution in [0.1, 0.15) is 31.2 Å². The number of thioether (sulfide) groups is 1. The Kier molecular flexibility index (Phi) is 3.85. The van der Waals surface area contributed by atoms with Crippen molar-refractivity contribution in [1.29, 1.82) is 0 Å². The molecule has 0 heterocycles. The number of hydrogen-bond acceptors (Lipinski definition) is 3. The number of carbonyl (C=O) groups excluding carboxylic acids is 1. The van der Waals surface area contributed by atoms with E-state index in [0.717, 1.165) is 12.1 Å². The van der Waals surface area contributed by atoms with Gasteiger partial charge in [-0.1, -0.05) is 12.1 Å². The molecule has 0 aliphatic heterocycles. The lowest BCUT2D eigenvalue weighted by molar-refractivity contribution is -0.122. The van der Waals surface area contributed by atoms with Crippen molar-refractivity contribution in [3.05, 3.63) is 29.8 Å². The fraction of sp³-hybridized carbons (Fsp3) is 0.500. The first-order valence-electron chi connectivity index (χ1n) is 6.25. The zero-order valence-electron chi connectivity index (χ0n) is 10.9. The van der Waals surface area contributed by atoms with Crippen LogP contribution in [0.2, 0.25) is 0 Å². The van der Waals surface area contributed by atoms with E-state index in [-0.39, 0.29) is 11.8 Å². The van der Waals surface area contributed by atoms with Gasteiger partial charge < -0.3 is 11.1 Å². The third-order valence-electron chi connectivity index (χ3n) is 3.63. The van der Waals surface area contributed by atoms with Crippen LogP contribution < -0.4 is 11.1 Å². The lowest BCUT2D eigenvalue weighted by Crippen LogP contribution is -2.34. The van der Waals surface area contributed by atoms with Gasteiger partial charge in [-0.3, -0.25) is 4.79 Å². The van der Waals surface area contributed by atoms with E-state index in [9.17, 15) is 4.79 Å². The van der Waals surface area contributed by atoms with Crippen molar-refractivity contribution in [2.75, 3.05) is 18.5 Å². The molecule has 4 heteroatoms. The van der Waals surface area contributed by atoms with Crippen molar-refractivity contribution in [1.82, 2.24) is 5.32 Å². The van der Waals surface area contributed by atoms with E-state index in [2.05, 4.69) is 11.6 Å². The maximum atomic E-state index is 12.1. The number of nitrogen functional groups attached to an aromatic ring is 1. The molecule has 1 unspecified atom stereocenters. The number of carbonyl (C=O) groups is 1. The van der Waals surface area contributed by atoms with Gasteiger partial charge in [0.25, 0.3) is 0 Å². The molecular weight excluding hydrogens is 244 g/mol. The second-order valence-electron chi connectivity index (χ2n) is 5.00. The molecule has 0 spiro atoms. The Morgan fingerprint density at radius 3 is 2.83 bits per heavy atom. The maximum Gasteiger partial charge on any atom is 0.227 e. The van der Waals surface area contributed by atoms with Crippen molar-refractivity contribution < 1.29 is 4.79 Å². The summed E-state index contributed by atoms with van der Waals surface area (Å²) in [5.41, 5.74) is 7.41. The van der Waals surface area contributed by atoms with Crippen LogP contribution in [0.4, 0.5) is 5.69 Å². The molecule has 3 nitrogen and oxygen atoms in total. The van der Waals surface area contributed by atoms with Crippen molar-refractivity contribution in [3.8, 4) is 0 Å². The molecule has 0 aromatic heterocycles. The van der Waals surface area contributed by atoms with E-state index in [0.29, 0.717) is 10.4 Å². The van der Waals surface area contributed by atoms with Gasteiger partial charge in [-0.25, -0.2) is 0 Å². The Hall–Kier alpha value is -1.16. The number of hydrogen-bond donors (Lipinski definition) is 2. The van der Waals surface area contributed by atoms with Gasteiger partial charge in [0, 0.05) is 17.0 Å². The minimum atomic E-state index is -0.147. The summed E-state index contributed by atoms with van der Waals surface area (Å²) in [6.45, 7) is 2.70. The third kappa shape index (κ3) is 2.99. The summed E-state index contributed by atoms with van der Waals surface area (Å²) in [5, 5.41) is 3.05. The molecule has 1 fully saturated rings. The number of anilines is 1. The fourth-order valence-electron chi connectivity index (χ4n) is 1.97. The van der Waals surface area contributed by atoms with Gasteiger partial charge in [0.1, 0.15) is 0 Å². The Labute approximate surface area is 113 Å². The Bertz CT molecular complexity index is 443. The van der Waals surface area contributed by atoms with E-state index < -0.39 is 0 Å². The molecule has 3 N–H and O–H groups in total. The molecule has 1 aromatic carbocycles. The monoisotopic (exact) mass is 264 g/mol. The van der Waals surface area contributed by atoms with Crippen LogP contribution in [0.25, 0.3) is 0 Å². The third-order valence-corrected chi connectivity index (χ3v) is 5.05. The highest BCUT2D eigenvalue weighted by Crippen LogP contribution is 2.46. The van der Waals surface area contributed by atoms with Crippen LogP contribution in [0.5, 0.6) is 0 Å². The minimum absolute atomic E-state index is 0.0842. The van der Waals surface area contributed by atoms with E-state index >= 15 is 0 Å². The van der Waals surface area contributed by atoms with E-state index in [1.54, 1.807) is 0 Å². The number of nitrogens with two attached hydrogens (primary N) is 1. The summed E-state index contributed by atoms with van der Waals surface area (Å²) < 4.78 is 0.311. The topological polar surface area (TPSA) is 55.1 Å². The Morgan fingerprint density at radius 1 is 1.56 bits per heavy atom. The molecule has 1 aromatic rings. The number of amides is 1. The lowest BCUT2D eigenvalue weighted by Gasteiger charge is -2.17. The molecule has 2 rings (SSSR count). The summed E-state index contributed by atoms with van der Waals surface area (Å²) in [5.74, 6) is -0.0629. The van der Waals surface area contributed by atoms with E-state index in [4.69, 9.17) is 5.73 Å². The van der Waals surface area contributed by atoms with Crippen LogP contribution in [0.3, 0.4) is 0 Å². The molecular formula is C14H20N2OS. The zero-order valence-corrected chi connectivity index (χ0v) is 11.7. The molecule has 1 atom stereocenters. The molecule has 0 bridgehead atoms. The van der Waals surface area contributed by atoms with Gasteiger partial charge >= 0.3 is 0 Å². The lowest BCUT2D eigenvalue weighted by atomic mass is 10.00. The van der Waals surface area contributed by atoms with Crippen molar-refractivity contribution >= 4 is 23.4 Å². The van der Waals surface area contributed by atoms with Crippen LogP contribution in [-0.2, 0) is 4.79 Å². The van der Waals surface area contributed by atoms with Gasteiger partial charge in [0.05, 0.1) is 5.92 Å². The molecule has 18 heavy (non-hydrogen) atoms. The maximum absolute atomic E-state index is 12.1. The van der Waals surface area contributed by atoms with Gasteiger partial charge in [-0.2, -0.15) is 11.8 Å². The highest BCUT2D eigenvalue weighted by Gasteiger charge is 2.42. The number of benzene rings is 1. The van der Waals surface area contributed by atoms with Crippen molar-refractivity contribution in [3.63, 3.8) is 0 Å². The van der Waals surface area contributed by atoms with E-state index in [1.165, 1.54) is 12.8 Å². The van der Waals surface area contributed by atoms with Crippen molar-refractivity contribution in [2.24, 2.45) is 0 Å². The number of rotatable bonds is 5. The summed E-state index contributed by atoms with van der Waals surface area (Å²) in [7, 11) is 0. The summed E-state index contributed by atoms with van der Waals surface area (Å²) >= 11 is 1.86. The van der Waals surface area contributed by atoms with Gasteiger partial charge in [-0.05, 0) is 43.7 Å². The van der Waals surface area contributed by atoms with Crippen LogP contribution >= 0.6 is 11.8 Å². The fourth-order valence-corrected chi connectivity index (χ4v) is 2.70. The van der Waals surface area contributed by atoms with Gasteiger partial charge in [0.15, 0.2) is 0 Å². The largest absolute Gasteiger partial charge is 0.399 e. The Morgan fingerprint density at radius 2 is 2.28 bits per heavy atom. The predicted octanol–water partition coefficient (Wildman–Crippen LogP) is 2.38. The van der Waals surface area contributed by atoms with E-state index in [1.807, 2.05) is 43.0 Å². The van der Waals surface area contributed by atoms with Crippen LogP contribution in [0, 0.1) is 0 Å². The van der Waals surface area contributed by atoms with Crippen LogP contribution in [-0.4, -0.2) is 23.5 Å². The highest BCUT2D eigenvalue weighted by atomic mass is 32.2. The minimum Gasteiger partial charge on any atom is -0.399 e. The zero-order chi connectivity index (χ0) is 13.2. The smallest absolute Gasteiger partial charge is 0.227 e. The average Bonchev–Trinajstić information content (AvgIpc) is 3.16. The molecule has 1 aliphatic rings. The first-order valence-corrected chi connectivity index (χ1v) is 7.47. The average molecular weight is 264 g/mol. The number of nitrogens with one attached hydrogen (secondary N) is 1. The summed E-state index contributed by atoms with van der Waals surface area (Å²) in [6, 6.07) is 7.54. The quantitative estimate of drug-likeness (QED) is 0.803. The standard InChI is InChI=1S/C14H20N2OS/c1-10(11-4-3-5-12(15)8-11)13(17)16-9-14(18-2)6-7-14/h3-5,8,10H,6-7,9,15H2,1-2H3,(H,16,17). The second kappa shape index (κ2) is 5.22. The van der Waals surface area contributed by atoms with Crippen LogP contribution in [0.15, 0.2) is 24.3 Å². The first-order chi connectivity index (χ1) is 8.56. The molecule has 0 radical (unpaired) electrons. The Balaban J connectivity index is 1.92.